The summed E-state index contributed by atoms with van der Waals surface area (Å²) in [7, 11) is 5.77. The van der Waals surface area contributed by atoms with Crippen LogP contribution in [0.2, 0.25) is 0 Å². The fourth-order valence-electron chi connectivity index (χ4n) is 2.32. The third-order valence-corrected chi connectivity index (χ3v) is 3.11. The standard InChI is InChI=1S/C15H20N2O/c1-11(10-17(2)3)13-7-5-6-12-8-15(18-4)16-9-14(12)13/h7-9H,1,5-6,10H2,2-4H3. The van der Waals surface area contributed by atoms with E-state index < -0.39 is 0 Å². The summed E-state index contributed by atoms with van der Waals surface area (Å²) in [5, 5.41) is 0. The van der Waals surface area contributed by atoms with Gasteiger partial charge in [-0.25, -0.2) is 4.98 Å². The van der Waals surface area contributed by atoms with Gasteiger partial charge in [0.2, 0.25) is 5.88 Å². The third-order valence-electron chi connectivity index (χ3n) is 3.11. The first-order chi connectivity index (χ1) is 8.61. The van der Waals surface area contributed by atoms with Crippen molar-refractivity contribution in [2.45, 2.75) is 12.8 Å². The fraction of sp³-hybridized carbons (Fsp3) is 0.400. The molecule has 0 bridgehead atoms. The number of rotatable bonds is 4. The van der Waals surface area contributed by atoms with Crippen LogP contribution in [0.1, 0.15) is 17.5 Å². The van der Waals surface area contributed by atoms with Gasteiger partial charge in [0, 0.05) is 24.4 Å². The highest BCUT2D eigenvalue weighted by molar-refractivity contribution is 5.81. The second kappa shape index (κ2) is 5.36. The summed E-state index contributed by atoms with van der Waals surface area (Å²) < 4.78 is 5.18. The number of hydrogen-bond acceptors (Lipinski definition) is 3. The summed E-state index contributed by atoms with van der Waals surface area (Å²) in [4.78, 5) is 6.44. The summed E-state index contributed by atoms with van der Waals surface area (Å²) in [5.41, 5.74) is 4.89. The number of likely N-dealkylation sites (N-methyl/N-ethyl adjacent to an activating group) is 1. The molecular weight excluding hydrogens is 224 g/mol. The summed E-state index contributed by atoms with van der Waals surface area (Å²) in [6.07, 6.45) is 6.28. The lowest BCUT2D eigenvalue weighted by Crippen LogP contribution is -2.16. The van der Waals surface area contributed by atoms with Gasteiger partial charge in [0.15, 0.2) is 0 Å². The van der Waals surface area contributed by atoms with Gasteiger partial charge in [0.25, 0.3) is 0 Å². The van der Waals surface area contributed by atoms with E-state index in [1.165, 1.54) is 16.7 Å². The molecular formula is C15H20N2O. The second-order valence-electron chi connectivity index (χ2n) is 4.88. The summed E-state index contributed by atoms with van der Waals surface area (Å²) >= 11 is 0. The van der Waals surface area contributed by atoms with E-state index in [1.807, 2.05) is 12.3 Å². The van der Waals surface area contributed by atoms with Crippen LogP contribution in [0.25, 0.3) is 5.57 Å². The molecule has 0 unspecified atom stereocenters. The maximum atomic E-state index is 5.18. The predicted octanol–water partition coefficient (Wildman–Crippen LogP) is 2.54. The van der Waals surface area contributed by atoms with Crippen molar-refractivity contribution in [1.29, 1.82) is 0 Å². The molecule has 2 rings (SSSR count). The second-order valence-corrected chi connectivity index (χ2v) is 4.88. The van der Waals surface area contributed by atoms with E-state index in [9.17, 15) is 0 Å². The SMILES string of the molecule is C=C(CN(C)C)C1=CCCc2cc(OC)ncc21. The molecule has 0 spiro atoms. The van der Waals surface area contributed by atoms with Crippen molar-refractivity contribution in [2.24, 2.45) is 0 Å². The molecule has 0 aromatic carbocycles. The van der Waals surface area contributed by atoms with Gasteiger partial charge in [-0.15, -0.1) is 0 Å². The van der Waals surface area contributed by atoms with Gasteiger partial charge < -0.3 is 9.64 Å². The van der Waals surface area contributed by atoms with Crippen LogP contribution in [-0.2, 0) is 6.42 Å². The minimum Gasteiger partial charge on any atom is -0.481 e. The number of aromatic nitrogens is 1. The molecule has 0 radical (unpaired) electrons. The highest BCUT2D eigenvalue weighted by atomic mass is 16.5. The van der Waals surface area contributed by atoms with Gasteiger partial charge in [-0.05, 0) is 43.6 Å². The molecule has 1 aliphatic rings. The number of hydrogen-bond donors (Lipinski definition) is 0. The largest absolute Gasteiger partial charge is 0.481 e. The molecule has 0 atom stereocenters. The smallest absolute Gasteiger partial charge is 0.213 e. The average molecular weight is 244 g/mol. The van der Waals surface area contributed by atoms with E-state index in [0.29, 0.717) is 5.88 Å². The molecule has 1 aromatic heterocycles. The molecule has 0 saturated carbocycles. The first-order valence-corrected chi connectivity index (χ1v) is 6.18. The molecule has 0 saturated heterocycles. The van der Waals surface area contributed by atoms with Crippen molar-refractivity contribution in [3.63, 3.8) is 0 Å². The molecule has 0 aliphatic heterocycles. The number of nitrogens with zero attached hydrogens (tertiary/aromatic N) is 2. The Labute approximate surface area is 109 Å². The minimum absolute atomic E-state index is 0.688. The summed E-state index contributed by atoms with van der Waals surface area (Å²) in [5.74, 6) is 0.688. The maximum absolute atomic E-state index is 5.18. The molecule has 1 aromatic rings. The van der Waals surface area contributed by atoms with Gasteiger partial charge in [-0.1, -0.05) is 12.7 Å². The average Bonchev–Trinajstić information content (AvgIpc) is 2.36. The van der Waals surface area contributed by atoms with Gasteiger partial charge in [-0.3, -0.25) is 0 Å². The zero-order valence-corrected chi connectivity index (χ0v) is 11.4. The molecule has 3 heteroatoms. The van der Waals surface area contributed by atoms with Gasteiger partial charge >= 0.3 is 0 Å². The Morgan fingerprint density at radius 2 is 2.28 bits per heavy atom. The zero-order valence-electron chi connectivity index (χ0n) is 11.4. The zero-order chi connectivity index (χ0) is 13.1. The number of pyridine rings is 1. The monoisotopic (exact) mass is 244 g/mol. The molecule has 0 amide bonds. The predicted molar refractivity (Wildman–Crippen MR) is 74.8 cm³/mol. The summed E-state index contributed by atoms with van der Waals surface area (Å²) in [6, 6.07) is 2.03. The van der Waals surface area contributed by atoms with Crippen LogP contribution in [-0.4, -0.2) is 37.6 Å². The van der Waals surface area contributed by atoms with Crippen LogP contribution in [0.4, 0.5) is 0 Å². The van der Waals surface area contributed by atoms with Crippen LogP contribution in [0.5, 0.6) is 5.88 Å². The quantitative estimate of drug-likeness (QED) is 0.814. The third kappa shape index (κ3) is 2.62. The number of ether oxygens (including phenoxy) is 1. The highest BCUT2D eigenvalue weighted by Gasteiger charge is 2.16. The molecule has 0 N–H and O–H groups in total. The Morgan fingerprint density at radius 3 is 2.94 bits per heavy atom. The number of aryl methyl sites for hydroxylation is 1. The lowest BCUT2D eigenvalue weighted by molar-refractivity contribution is 0.397. The van der Waals surface area contributed by atoms with Crippen molar-refractivity contribution in [3.8, 4) is 5.88 Å². The number of fused-ring (bicyclic) bond motifs is 1. The molecule has 18 heavy (non-hydrogen) atoms. The number of allylic oxidation sites excluding steroid dienone is 1. The molecule has 0 fully saturated rings. The van der Waals surface area contributed by atoms with Gasteiger partial charge in [-0.2, -0.15) is 0 Å². The van der Waals surface area contributed by atoms with Crippen LogP contribution in [0.3, 0.4) is 0 Å². The van der Waals surface area contributed by atoms with E-state index in [-0.39, 0.29) is 0 Å². The van der Waals surface area contributed by atoms with Crippen LogP contribution < -0.4 is 4.74 Å². The van der Waals surface area contributed by atoms with E-state index in [0.717, 1.165) is 25.0 Å². The topological polar surface area (TPSA) is 25.4 Å². The van der Waals surface area contributed by atoms with Crippen molar-refractivity contribution < 1.29 is 4.74 Å². The Kier molecular flexibility index (Phi) is 3.82. The van der Waals surface area contributed by atoms with Gasteiger partial charge in [0.05, 0.1) is 7.11 Å². The van der Waals surface area contributed by atoms with Crippen LogP contribution in [0, 0.1) is 0 Å². The van der Waals surface area contributed by atoms with Crippen molar-refractivity contribution in [2.75, 3.05) is 27.7 Å². The molecule has 1 heterocycles. The van der Waals surface area contributed by atoms with E-state index in [2.05, 4.69) is 36.6 Å². The van der Waals surface area contributed by atoms with Crippen LogP contribution in [0.15, 0.2) is 30.5 Å². The van der Waals surface area contributed by atoms with Crippen LogP contribution >= 0.6 is 0 Å². The number of methoxy groups -OCH3 is 1. The molecule has 1 aliphatic carbocycles. The maximum Gasteiger partial charge on any atom is 0.213 e. The summed E-state index contributed by atoms with van der Waals surface area (Å²) in [6.45, 7) is 5.06. The van der Waals surface area contributed by atoms with Crippen molar-refractivity contribution >= 4 is 5.57 Å². The normalized spacial score (nSPS) is 14.1. The minimum atomic E-state index is 0.688. The fourth-order valence-corrected chi connectivity index (χ4v) is 2.32. The Balaban J connectivity index is 2.31. The first-order valence-electron chi connectivity index (χ1n) is 6.18. The molecule has 96 valence electrons. The molecule has 3 nitrogen and oxygen atoms in total. The van der Waals surface area contributed by atoms with E-state index in [4.69, 9.17) is 4.74 Å². The lowest BCUT2D eigenvalue weighted by Gasteiger charge is -2.21. The Morgan fingerprint density at radius 1 is 1.50 bits per heavy atom. The van der Waals surface area contributed by atoms with Gasteiger partial charge in [0.1, 0.15) is 0 Å². The van der Waals surface area contributed by atoms with E-state index in [1.54, 1.807) is 7.11 Å². The lowest BCUT2D eigenvalue weighted by atomic mass is 9.88. The van der Waals surface area contributed by atoms with Crippen molar-refractivity contribution in [1.82, 2.24) is 9.88 Å². The van der Waals surface area contributed by atoms with Crippen molar-refractivity contribution in [3.05, 3.63) is 41.6 Å². The Bertz CT molecular complexity index is 489. The highest BCUT2D eigenvalue weighted by Crippen LogP contribution is 2.32. The van der Waals surface area contributed by atoms with E-state index >= 15 is 0 Å². The Hall–Kier alpha value is -1.61. The first kappa shape index (κ1) is 12.8.